The van der Waals surface area contributed by atoms with Crippen LogP contribution in [0.15, 0.2) is 22.8 Å². The first kappa shape index (κ1) is 12.1. The lowest BCUT2D eigenvalue weighted by Gasteiger charge is -2.37. The smallest absolute Gasteiger partial charge is 0.272 e. The molecule has 1 aromatic heterocycles. The molecule has 1 aromatic rings. The summed E-state index contributed by atoms with van der Waals surface area (Å²) in [5.41, 5.74) is 0.511. The van der Waals surface area contributed by atoms with Gasteiger partial charge in [-0.1, -0.05) is 6.07 Å². The Morgan fingerprint density at radius 3 is 3.17 bits per heavy atom. The number of aromatic nitrogens is 1. The second kappa shape index (κ2) is 4.97. The van der Waals surface area contributed by atoms with Crippen LogP contribution in [0, 0.1) is 0 Å². The van der Waals surface area contributed by atoms with E-state index in [1.54, 1.807) is 6.07 Å². The van der Waals surface area contributed by atoms with Gasteiger partial charge in [0, 0.05) is 6.54 Å². The van der Waals surface area contributed by atoms with Crippen LogP contribution >= 0.6 is 15.9 Å². The van der Waals surface area contributed by atoms with Crippen LogP contribution in [0.1, 0.15) is 29.8 Å². The third-order valence-electron chi connectivity index (χ3n) is 3.68. The molecule has 0 N–H and O–H groups in total. The number of amides is 1. The van der Waals surface area contributed by atoms with Gasteiger partial charge in [-0.25, -0.2) is 4.98 Å². The van der Waals surface area contributed by atoms with E-state index in [-0.39, 0.29) is 18.1 Å². The Hall–Kier alpha value is -0.940. The van der Waals surface area contributed by atoms with Crippen molar-refractivity contribution in [2.24, 2.45) is 0 Å². The van der Waals surface area contributed by atoms with Crippen molar-refractivity contribution in [1.29, 1.82) is 0 Å². The van der Waals surface area contributed by atoms with E-state index in [4.69, 9.17) is 4.74 Å². The lowest BCUT2D eigenvalue weighted by Crippen LogP contribution is -2.51. The van der Waals surface area contributed by atoms with Gasteiger partial charge in [0.05, 0.1) is 18.8 Å². The van der Waals surface area contributed by atoms with Crippen LogP contribution in [0.2, 0.25) is 0 Å². The quantitative estimate of drug-likeness (QED) is 0.747. The summed E-state index contributed by atoms with van der Waals surface area (Å²) in [4.78, 5) is 18.7. The number of pyridine rings is 1. The van der Waals surface area contributed by atoms with Gasteiger partial charge < -0.3 is 9.64 Å². The predicted molar refractivity (Wildman–Crippen MR) is 70.4 cm³/mol. The largest absolute Gasteiger partial charge is 0.374 e. The summed E-state index contributed by atoms with van der Waals surface area (Å²) >= 11 is 3.30. The second-order valence-corrected chi connectivity index (χ2v) is 5.56. The average molecular weight is 311 g/mol. The minimum Gasteiger partial charge on any atom is -0.374 e. The summed E-state index contributed by atoms with van der Waals surface area (Å²) in [6.45, 7) is 1.31. The van der Waals surface area contributed by atoms with Crippen LogP contribution in [0.25, 0.3) is 0 Å². The van der Waals surface area contributed by atoms with E-state index in [0.717, 1.165) is 19.3 Å². The Kier molecular flexibility index (Phi) is 3.35. The molecule has 1 saturated heterocycles. The van der Waals surface area contributed by atoms with Crippen molar-refractivity contribution in [1.82, 2.24) is 9.88 Å². The van der Waals surface area contributed by atoms with Crippen molar-refractivity contribution in [3.05, 3.63) is 28.5 Å². The molecule has 0 aromatic carbocycles. The minimum atomic E-state index is 0.0245. The number of hydrogen-bond acceptors (Lipinski definition) is 3. The van der Waals surface area contributed by atoms with Gasteiger partial charge in [0.15, 0.2) is 0 Å². The van der Waals surface area contributed by atoms with E-state index < -0.39 is 0 Å². The average Bonchev–Trinajstić information content (AvgIpc) is 2.86. The highest BCUT2D eigenvalue weighted by Crippen LogP contribution is 2.30. The number of hydrogen-bond donors (Lipinski definition) is 0. The molecule has 2 fully saturated rings. The van der Waals surface area contributed by atoms with Gasteiger partial charge in [-0.15, -0.1) is 0 Å². The Balaban J connectivity index is 1.83. The van der Waals surface area contributed by atoms with E-state index in [9.17, 15) is 4.79 Å². The lowest BCUT2D eigenvalue weighted by atomic mass is 10.1. The maximum Gasteiger partial charge on any atom is 0.272 e. The van der Waals surface area contributed by atoms with Crippen LogP contribution in [-0.2, 0) is 4.74 Å². The van der Waals surface area contributed by atoms with E-state index in [2.05, 4.69) is 20.9 Å². The molecule has 2 aliphatic rings. The van der Waals surface area contributed by atoms with E-state index in [1.165, 1.54) is 0 Å². The first-order valence-electron chi connectivity index (χ1n) is 6.31. The maximum atomic E-state index is 12.5. The van der Waals surface area contributed by atoms with Crippen LogP contribution < -0.4 is 0 Å². The summed E-state index contributed by atoms with van der Waals surface area (Å²) in [6, 6.07) is 5.68. The number of ether oxygens (including phenoxy) is 1. The summed E-state index contributed by atoms with van der Waals surface area (Å²) in [7, 11) is 0. The number of fused-ring (bicyclic) bond motifs is 1. The zero-order valence-corrected chi connectivity index (χ0v) is 11.6. The molecule has 0 radical (unpaired) electrons. The Morgan fingerprint density at radius 1 is 1.44 bits per heavy atom. The second-order valence-electron chi connectivity index (χ2n) is 4.75. The Bertz CT molecular complexity index is 466. The highest BCUT2D eigenvalue weighted by Gasteiger charge is 2.38. The molecule has 1 amide bonds. The van der Waals surface area contributed by atoms with Crippen molar-refractivity contribution in [2.45, 2.75) is 31.4 Å². The molecule has 0 spiro atoms. The first-order chi connectivity index (χ1) is 8.75. The van der Waals surface area contributed by atoms with Crippen LogP contribution in [0.5, 0.6) is 0 Å². The molecule has 2 unspecified atom stereocenters. The van der Waals surface area contributed by atoms with Gasteiger partial charge in [0.1, 0.15) is 10.3 Å². The van der Waals surface area contributed by atoms with Gasteiger partial charge in [0.25, 0.3) is 5.91 Å². The molecule has 1 aliphatic heterocycles. The van der Waals surface area contributed by atoms with Crippen molar-refractivity contribution in [2.75, 3.05) is 13.2 Å². The lowest BCUT2D eigenvalue weighted by molar-refractivity contribution is -0.0447. The first-order valence-corrected chi connectivity index (χ1v) is 7.10. The molecule has 2 heterocycles. The fraction of sp³-hybridized carbons (Fsp3) is 0.538. The molecular weight excluding hydrogens is 296 g/mol. The summed E-state index contributed by atoms with van der Waals surface area (Å²) < 4.78 is 6.42. The Labute approximate surface area is 114 Å². The zero-order chi connectivity index (χ0) is 12.5. The topological polar surface area (TPSA) is 42.4 Å². The number of nitrogens with zero attached hydrogens (tertiary/aromatic N) is 2. The van der Waals surface area contributed by atoms with Gasteiger partial charge in [-0.05, 0) is 47.3 Å². The third kappa shape index (κ3) is 2.17. The molecule has 1 saturated carbocycles. The molecule has 96 valence electrons. The van der Waals surface area contributed by atoms with Gasteiger partial charge in [-0.2, -0.15) is 0 Å². The standard InChI is InChI=1S/C13H15BrN2O2/c14-12-6-1-3-9(15-12)13(17)16-7-8-18-11-5-2-4-10(11)16/h1,3,6,10-11H,2,4-5,7-8H2. The number of carbonyl (C=O) groups is 1. The van der Waals surface area contributed by atoms with Crippen molar-refractivity contribution in [3.8, 4) is 0 Å². The molecule has 2 atom stereocenters. The van der Waals surface area contributed by atoms with Crippen molar-refractivity contribution in [3.63, 3.8) is 0 Å². The summed E-state index contributed by atoms with van der Waals surface area (Å²) in [5, 5.41) is 0. The highest BCUT2D eigenvalue weighted by molar-refractivity contribution is 9.10. The third-order valence-corrected chi connectivity index (χ3v) is 4.12. The molecule has 5 heteroatoms. The minimum absolute atomic E-state index is 0.0245. The summed E-state index contributed by atoms with van der Waals surface area (Å²) in [5.74, 6) is 0.0245. The number of rotatable bonds is 1. The number of halogens is 1. The fourth-order valence-corrected chi connectivity index (χ4v) is 3.20. The SMILES string of the molecule is O=C(c1cccc(Br)n1)N1CCOC2CCCC21. The molecule has 3 rings (SSSR count). The van der Waals surface area contributed by atoms with Crippen LogP contribution in [0.4, 0.5) is 0 Å². The van der Waals surface area contributed by atoms with Crippen LogP contribution in [-0.4, -0.2) is 41.1 Å². The van der Waals surface area contributed by atoms with Crippen molar-refractivity contribution < 1.29 is 9.53 Å². The molecule has 0 bridgehead atoms. The fourth-order valence-electron chi connectivity index (χ4n) is 2.85. The Morgan fingerprint density at radius 2 is 2.33 bits per heavy atom. The molecule has 4 nitrogen and oxygen atoms in total. The van der Waals surface area contributed by atoms with Crippen molar-refractivity contribution >= 4 is 21.8 Å². The number of morpholine rings is 1. The monoisotopic (exact) mass is 310 g/mol. The van der Waals surface area contributed by atoms with Crippen LogP contribution in [0.3, 0.4) is 0 Å². The maximum absolute atomic E-state index is 12.5. The highest BCUT2D eigenvalue weighted by atomic mass is 79.9. The zero-order valence-electron chi connectivity index (χ0n) is 10.0. The molecule has 1 aliphatic carbocycles. The number of carbonyl (C=O) groups excluding carboxylic acids is 1. The van der Waals surface area contributed by atoms with Gasteiger partial charge in [0.2, 0.25) is 0 Å². The predicted octanol–water partition coefficient (Wildman–Crippen LogP) is 2.24. The van der Waals surface area contributed by atoms with Gasteiger partial charge >= 0.3 is 0 Å². The van der Waals surface area contributed by atoms with E-state index in [0.29, 0.717) is 23.4 Å². The van der Waals surface area contributed by atoms with E-state index in [1.807, 2.05) is 17.0 Å². The molecule has 18 heavy (non-hydrogen) atoms. The molecular formula is C13H15BrN2O2. The summed E-state index contributed by atoms with van der Waals surface area (Å²) in [6.07, 6.45) is 3.49. The van der Waals surface area contributed by atoms with Gasteiger partial charge in [-0.3, -0.25) is 4.79 Å². The van der Waals surface area contributed by atoms with E-state index >= 15 is 0 Å². The normalized spacial score (nSPS) is 27.1.